The summed E-state index contributed by atoms with van der Waals surface area (Å²) in [4.78, 5) is 22.9. The summed E-state index contributed by atoms with van der Waals surface area (Å²) in [6.45, 7) is 7.91. The van der Waals surface area contributed by atoms with Crippen molar-refractivity contribution < 1.29 is 13.2 Å². The highest BCUT2D eigenvalue weighted by atomic mass is 32.2. The molecule has 0 unspecified atom stereocenters. The van der Waals surface area contributed by atoms with Crippen LogP contribution in [0.5, 0.6) is 5.75 Å². The first-order chi connectivity index (χ1) is 14.7. The van der Waals surface area contributed by atoms with Gasteiger partial charge in [-0.25, -0.2) is 13.4 Å². The predicted molar refractivity (Wildman–Crippen MR) is 118 cm³/mol. The second-order valence-electron chi connectivity index (χ2n) is 8.60. The Labute approximate surface area is 183 Å². The van der Waals surface area contributed by atoms with Gasteiger partial charge in [-0.1, -0.05) is 0 Å². The van der Waals surface area contributed by atoms with Crippen LogP contribution in [-0.4, -0.2) is 53.8 Å². The van der Waals surface area contributed by atoms with Crippen LogP contribution in [-0.2, 0) is 23.0 Å². The predicted octanol–water partition coefficient (Wildman–Crippen LogP) is 2.38. The molecule has 0 amide bonds. The first-order valence-corrected chi connectivity index (χ1v) is 12.2. The van der Waals surface area contributed by atoms with Crippen molar-refractivity contribution >= 4 is 10.0 Å². The number of nitrogens with zero attached hydrogens (tertiary/aromatic N) is 3. The van der Waals surface area contributed by atoms with E-state index in [1.807, 2.05) is 6.92 Å². The Hall–Kier alpha value is -2.23. The van der Waals surface area contributed by atoms with Crippen molar-refractivity contribution in [3.8, 4) is 5.75 Å². The summed E-state index contributed by atoms with van der Waals surface area (Å²) in [5.74, 6) is 1.09. The molecule has 1 aromatic heterocycles. The third-order valence-electron chi connectivity index (χ3n) is 6.34. The lowest BCUT2D eigenvalue weighted by atomic mass is 10.0. The maximum atomic E-state index is 13.4. The summed E-state index contributed by atoms with van der Waals surface area (Å²) in [6.07, 6.45) is 2.01. The molecule has 0 saturated carbocycles. The van der Waals surface area contributed by atoms with E-state index in [1.165, 1.54) is 4.31 Å². The lowest BCUT2D eigenvalue weighted by Crippen LogP contribution is -2.40. The van der Waals surface area contributed by atoms with Crippen molar-refractivity contribution in [2.24, 2.45) is 0 Å². The van der Waals surface area contributed by atoms with Gasteiger partial charge in [-0.2, -0.15) is 4.31 Å². The van der Waals surface area contributed by atoms with Gasteiger partial charge in [0.15, 0.2) is 0 Å². The molecule has 9 heteroatoms. The van der Waals surface area contributed by atoms with Crippen LogP contribution in [0.2, 0.25) is 0 Å². The van der Waals surface area contributed by atoms with Gasteiger partial charge in [0.1, 0.15) is 11.6 Å². The monoisotopic (exact) mass is 446 g/mol. The molecule has 168 valence electrons. The average Bonchev–Trinajstić information content (AvgIpc) is 3.24. The number of methoxy groups -OCH3 is 1. The summed E-state index contributed by atoms with van der Waals surface area (Å²) >= 11 is 0. The van der Waals surface area contributed by atoms with Gasteiger partial charge in [-0.05, 0) is 63.8 Å². The Bertz CT molecular complexity index is 1140. The second-order valence-corrected chi connectivity index (χ2v) is 10.5. The molecule has 3 heterocycles. The number of hydrogen-bond acceptors (Lipinski definition) is 6. The van der Waals surface area contributed by atoms with E-state index in [4.69, 9.17) is 9.72 Å². The quantitative estimate of drug-likeness (QED) is 0.758. The first kappa shape index (κ1) is 22.0. The van der Waals surface area contributed by atoms with E-state index in [0.717, 1.165) is 29.8 Å². The van der Waals surface area contributed by atoms with Crippen molar-refractivity contribution in [2.45, 2.75) is 63.6 Å². The molecule has 0 bridgehead atoms. The van der Waals surface area contributed by atoms with Crippen molar-refractivity contribution in [2.75, 3.05) is 20.2 Å². The molecule has 1 saturated heterocycles. The molecule has 1 atom stereocenters. The number of aromatic amines is 1. The number of fused-ring (bicyclic) bond motifs is 1. The first-order valence-electron chi connectivity index (χ1n) is 10.7. The summed E-state index contributed by atoms with van der Waals surface area (Å²) < 4.78 is 33.6. The van der Waals surface area contributed by atoms with Gasteiger partial charge in [0.2, 0.25) is 10.0 Å². The number of H-pyrrole nitrogens is 1. The van der Waals surface area contributed by atoms with E-state index in [-0.39, 0.29) is 10.5 Å². The number of aryl methyl sites for hydroxylation is 1. The maximum Gasteiger partial charge on any atom is 0.254 e. The molecule has 1 N–H and O–H groups in total. The van der Waals surface area contributed by atoms with Crippen molar-refractivity contribution in [1.82, 2.24) is 19.2 Å². The Kier molecular flexibility index (Phi) is 5.93. The van der Waals surface area contributed by atoms with Crippen LogP contribution in [0, 0.1) is 6.92 Å². The standard InChI is InChI=1S/C22H30N4O4S/c1-14(2)25-11-9-17-18(13-25)23-21(24-22(17)27)19-6-5-10-26(19)31(28,29)16-7-8-20(30-4)15(3)12-16/h7-8,12,14,19H,5-6,9-11,13H2,1-4H3,(H,23,24,27)/t19-/m0/s1. The number of rotatable bonds is 5. The fourth-order valence-electron chi connectivity index (χ4n) is 4.53. The fourth-order valence-corrected chi connectivity index (χ4v) is 6.27. The molecule has 2 aliphatic heterocycles. The van der Waals surface area contributed by atoms with Gasteiger partial charge in [-0.15, -0.1) is 0 Å². The van der Waals surface area contributed by atoms with Crippen molar-refractivity contribution in [1.29, 1.82) is 0 Å². The van der Waals surface area contributed by atoms with Crippen LogP contribution in [0.4, 0.5) is 0 Å². The minimum absolute atomic E-state index is 0.145. The van der Waals surface area contributed by atoms with Gasteiger partial charge >= 0.3 is 0 Å². The third-order valence-corrected chi connectivity index (χ3v) is 8.25. The zero-order valence-corrected chi connectivity index (χ0v) is 19.3. The number of ether oxygens (including phenoxy) is 1. The summed E-state index contributed by atoms with van der Waals surface area (Å²) in [7, 11) is -2.18. The molecule has 31 heavy (non-hydrogen) atoms. The summed E-state index contributed by atoms with van der Waals surface area (Å²) in [5, 5.41) is 0. The maximum absolute atomic E-state index is 13.4. The van der Waals surface area contributed by atoms with Gasteiger partial charge in [0.25, 0.3) is 5.56 Å². The number of hydrogen-bond donors (Lipinski definition) is 1. The Morgan fingerprint density at radius 3 is 2.71 bits per heavy atom. The van der Waals surface area contributed by atoms with Crippen LogP contribution in [0.15, 0.2) is 27.9 Å². The molecule has 2 aromatic rings. The van der Waals surface area contributed by atoms with E-state index < -0.39 is 16.1 Å². The number of nitrogens with one attached hydrogen (secondary N) is 1. The molecule has 0 aliphatic carbocycles. The zero-order valence-electron chi connectivity index (χ0n) is 18.5. The lowest BCUT2D eigenvalue weighted by Gasteiger charge is -2.31. The molecular weight excluding hydrogens is 416 g/mol. The van der Waals surface area contributed by atoms with Crippen LogP contribution < -0.4 is 10.3 Å². The molecule has 0 spiro atoms. The summed E-state index contributed by atoms with van der Waals surface area (Å²) in [5.41, 5.74) is 2.10. The Morgan fingerprint density at radius 1 is 1.26 bits per heavy atom. The topological polar surface area (TPSA) is 95.6 Å². The van der Waals surface area contributed by atoms with Gasteiger partial charge in [0.05, 0.1) is 23.7 Å². The van der Waals surface area contributed by atoms with Gasteiger partial charge in [-0.3, -0.25) is 9.69 Å². The zero-order chi connectivity index (χ0) is 22.3. The third kappa shape index (κ3) is 4.02. The fraction of sp³-hybridized carbons (Fsp3) is 0.545. The molecule has 0 radical (unpaired) electrons. The summed E-state index contributed by atoms with van der Waals surface area (Å²) in [6, 6.07) is 4.76. The normalized spacial score (nSPS) is 20.2. The number of sulfonamides is 1. The van der Waals surface area contributed by atoms with Crippen LogP contribution in [0.1, 0.15) is 55.4 Å². The van der Waals surface area contributed by atoms with E-state index in [1.54, 1.807) is 25.3 Å². The minimum atomic E-state index is -3.74. The molecular formula is C22H30N4O4S. The highest BCUT2D eigenvalue weighted by molar-refractivity contribution is 7.89. The lowest BCUT2D eigenvalue weighted by molar-refractivity contribution is 0.198. The van der Waals surface area contributed by atoms with Gasteiger partial charge in [0, 0.05) is 31.2 Å². The largest absolute Gasteiger partial charge is 0.496 e. The average molecular weight is 447 g/mol. The smallest absolute Gasteiger partial charge is 0.254 e. The number of benzene rings is 1. The van der Waals surface area contributed by atoms with Crippen LogP contribution in [0.3, 0.4) is 0 Å². The number of aromatic nitrogens is 2. The molecule has 1 aromatic carbocycles. The highest BCUT2D eigenvalue weighted by Gasteiger charge is 2.38. The van der Waals surface area contributed by atoms with E-state index in [2.05, 4.69) is 23.7 Å². The minimum Gasteiger partial charge on any atom is -0.496 e. The van der Waals surface area contributed by atoms with Gasteiger partial charge < -0.3 is 9.72 Å². The van der Waals surface area contributed by atoms with Crippen molar-refractivity contribution in [3.05, 3.63) is 51.2 Å². The molecule has 1 fully saturated rings. The highest BCUT2D eigenvalue weighted by Crippen LogP contribution is 2.36. The van der Waals surface area contributed by atoms with Crippen LogP contribution in [0.25, 0.3) is 0 Å². The SMILES string of the molecule is COc1ccc(S(=O)(=O)N2CCC[C@H]2c2nc3c(c(=O)[nH]2)CCN(C(C)C)C3)cc1C. The molecule has 8 nitrogen and oxygen atoms in total. The van der Waals surface area contributed by atoms with Crippen LogP contribution >= 0.6 is 0 Å². The Balaban J connectivity index is 1.69. The van der Waals surface area contributed by atoms with Crippen molar-refractivity contribution in [3.63, 3.8) is 0 Å². The van der Waals surface area contributed by atoms with E-state index in [0.29, 0.717) is 43.5 Å². The Morgan fingerprint density at radius 2 is 2.03 bits per heavy atom. The second kappa shape index (κ2) is 8.37. The van der Waals surface area contributed by atoms with E-state index >= 15 is 0 Å². The van der Waals surface area contributed by atoms with E-state index in [9.17, 15) is 13.2 Å². The molecule has 4 rings (SSSR count). The molecule has 2 aliphatic rings.